The zero-order valence-corrected chi connectivity index (χ0v) is 18.9. The Morgan fingerprint density at radius 1 is 1.33 bits per heavy atom. The Morgan fingerprint density at radius 3 is 2.77 bits per heavy atom. The molecule has 0 spiro atoms. The van der Waals surface area contributed by atoms with Crippen LogP contribution >= 0.6 is 27.5 Å². The minimum atomic E-state index is -0.791. The predicted molar refractivity (Wildman–Crippen MR) is 120 cm³/mol. The quantitative estimate of drug-likeness (QED) is 0.380. The molecule has 156 valence electrons. The number of hydrogen-bond acceptors (Lipinski definition) is 6. The highest BCUT2D eigenvalue weighted by atomic mass is 79.9. The van der Waals surface area contributed by atoms with Crippen LogP contribution < -0.4 is 10.3 Å². The van der Waals surface area contributed by atoms with Gasteiger partial charge < -0.3 is 9.47 Å². The molecule has 0 N–H and O–H groups in total. The van der Waals surface area contributed by atoms with E-state index >= 15 is 0 Å². The van der Waals surface area contributed by atoms with Gasteiger partial charge in [-0.2, -0.15) is 9.78 Å². The fraction of sp³-hybridized carbons (Fsp3) is 0.238. The van der Waals surface area contributed by atoms with Crippen molar-refractivity contribution in [3.05, 3.63) is 67.6 Å². The van der Waals surface area contributed by atoms with Crippen molar-refractivity contribution in [3.8, 4) is 5.75 Å². The first-order chi connectivity index (χ1) is 14.3. The number of benzene rings is 2. The summed E-state index contributed by atoms with van der Waals surface area (Å²) in [5, 5.41) is 5.10. The van der Waals surface area contributed by atoms with Crippen molar-refractivity contribution in [2.75, 3.05) is 7.11 Å². The van der Waals surface area contributed by atoms with Crippen LogP contribution in [0, 0.1) is 0 Å². The summed E-state index contributed by atoms with van der Waals surface area (Å²) in [6, 6.07) is 10.3. The molecule has 1 aromatic heterocycles. The Bertz CT molecular complexity index is 1190. The van der Waals surface area contributed by atoms with Crippen molar-refractivity contribution >= 4 is 50.6 Å². The van der Waals surface area contributed by atoms with E-state index in [9.17, 15) is 9.59 Å². The molecule has 0 aliphatic rings. The van der Waals surface area contributed by atoms with Gasteiger partial charge in [0.2, 0.25) is 0 Å². The summed E-state index contributed by atoms with van der Waals surface area (Å²) in [5.41, 5.74) is 1.02. The average Bonchev–Trinajstić information content (AvgIpc) is 2.74. The first-order valence-electron chi connectivity index (χ1n) is 9.13. The van der Waals surface area contributed by atoms with Gasteiger partial charge in [-0.3, -0.25) is 4.79 Å². The van der Waals surface area contributed by atoms with Crippen LogP contribution in [-0.2, 0) is 16.0 Å². The molecule has 3 rings (SSSR count). The third-order valence-electron chi connectivity index (χ3n) is 4.31. The second kappa shape index (κ2) is 9.40. The van der Waals surface area contributed by atoms with E-state index in [1.54, 1.807) is 37.3 Å². The van der Waals surface area contributed by atoms with Crippen LogP contribution in [-0.4, -0.2) is 35.1 Å². The lowest BCUT2D eigenvalue weighted by atomic mass is 10.2. The molecular formula is C21H19BrClN3O4. The maximum absolute atomic E-state index is 12.9. The maximum Gasteiger partial charge on any atom is 0.346 e. The first-order valence-corrected chi connectivity index (χ1v) is 10.3. The topological polar surface area (TPSA) is 82.8 Å². The Hall–Kier alpha value is -2.71. The first kappa shape index (κ1) is 22.0. The summed E-state index contributed by atoms with van der Waals surface area (Å²) in [4.78, 5) is 29.0. The third-order valence-corrected chi connectivity index (χ3v) is 5.10. The highest BCUT2D eigenvalue weighted by Crippen LogP contribution is 2.26. The highest BCUT2D eigenvalue weighted by Gasteiger charge is 2.16. The maximum atomic E-state index is 12.9. The van der Waals surface area contributed by atoms with Gasteiger partial charge in [0.25, 0.3) is 5.56 Å². The number of hydrogen-bond donors (Lipinski definition) is 0. The van der Waals surface area contributed by atoms with E-state index in [0.717, 1.165) is 4.47 Å². The molecule has 0 amide bonds. The number of ether oxygens (including phenoxy) is 2. The number of aryl methyl sites for hydroxylation is 1. The molecule has 1 heterocycles. The fourth-order valence-electron chi connectivity index (χ4n) is 2.76. The van der Waals surface area contributed by atoms with Gasteiger partial charge in [0.15, 0.2) is 6.10 Å². The third kappa shape index (κ3) is 4.71. The molecule has 0 bridgehead atoms. The van der Waals surface area contributed by atoms with Crippen LogP contribution in [0.2, 0.25) is 5.02 Å². The number of fused-ring (bicyclic) bond motifs is 1. The monoisotopic (exact) mass is 491 g/mol. The molecule has 0 aliphatic heterocycles. The Morgan fingerprint density at radius 2 is 2.10 bits per heavy atom. The van der Waals surface area contributed by atoms with Gasteiger partial charge in [-0.05, 0) is 48.9 Å². The van der Waals surface area contributed by atoms with Crippen LogP contribution in [0.1, 0.15) is 25.2 Å². The minimum absolute atomic E-state index is 0.257. The van der Waals surface area contributed by atoms with E-state index in [1.807, 2.05) is 13.0 Å². The molecule has 3 aromatic rings. The lowest BCUT2D eigenvalue weighted by Gasteiger charge is -2.13. The molecule has 0 saturated carbocycles. The van der Waals surface area contributed by atoms with Crippen molar-refractivity contribution in [2.45, 2.75) is 26.4 Å². The van der Waals surface area contributed by atoms with Crippen molar-refractivity contribution < 1.29 is 14.3 Å². The van der Waals surface area contributed by atoms with E-state index in [4.69, 9.17) is 16.3 Å². The normalized spacial score (nSPS) is 12.3. The smallest absolute Gasteiger partial charge is 0.346 e. The zero-order valence-electron chi connectivity index (χ0n) is 16.6. The summed E-state index contributed by atoms with van der Waals surface area (Å²) in [6.07, 6.45) is 1.27. The summed E-state index contributed by atoms with van der Waals surface area (Å²) >= 11 is 9.64. The van der Waals surface area contributed by atoms with Crippen LogP contribution in [0.15, 0.2) is 50.8 Å². The number of rotatable bonds is 6. The number of esters is 1. The van der Waals surface area contributed by atoms with Gasteiger partial charge in [0, 0.05) is 10.9 Å². The van der Waals surface area contributed by atoms with Crippen molar-refractivity contribution in [1.29, 1.82) is 0 Å². The molecule has 0 saturated heterocycles. The Balaban J connectivity index is 1.93. The molecule has 0 aliphatic carbocycles. The second-order valence-electron chi connectivity index (χ2n) is 6.38. The van der Waals surface area contributed by atoms with Crippen LogP contribution in [0.3, 0.4) is 0 Å². The largest absolute Gasteiger partial charge is 0.477 e. The molecule has 0 fully saturated rings. The van der Waals surface area contributed by atoms with Gasteiger partial charge in [0.1, 0.15) is 11.6 Å². The summed E-state index contributed by atoms with van der Waals surface area (Å²) in [6.45, 7) is 3.48. The van der Waals surface area contributed by atoms with Gasteiger partial charge in [-0.25, -0.2) is 9.78 Å². The molecule has 0 radical (unpaired) electrons. The van der Waals surface area contributed by atoms with Crippen LogP contribution in [0.5, 0.6) is 5.75 Å². The Kier molecular flexibility index (Phi) is 6.89. The van der Waals surface area contributed by atoms with Gasteiger partial charge in [-0.15, -0.1) is 0 Å². The zero-order chi connectivity index (χ0) is 21.8. The van der Waals surface area contributed by atoms with Gasteiger partial charge >= 0.3 is 5.97 Å². The molecule has 9 heteroatoms. The highest BCUT2D eigenvalue weighted by molar-refractivity contribution is 9.10. The number of aromatic nitrogens is 2. The summed E-state index contributed by atoms with van der Waals surface area (Å²) in [5.74, 6) is 0.387. The molecule has 2 aromatic carbocycles. The number of methoxy groups -OCH3 is 1. The van der Waals surface area contributed by atoms with E-state index in [0.29, 0.717) is 39.5 Å². The standard InChI is InChI=1S/C21H19BrClN3O4/c1-4-19-25-17-7-6-14(22)10-15(17)20(27)26(19)24-11-13-5-8-18(16(23)9-13)30-12(2)21(28)29-3/h5-12H,4H2,1-3H3/t12-/m0/s1. The summed E-state index contributed by atoms with van der Waals surface area (Å²) < 4.78 is 12.2. The molecule has 0 unspecified atom stereocenters. The molecule has 1 atom stereocenters. The van der Waals surface area contributed by atoms with Crippen LogP contribution in [0.4, 0.5) is 0 Å². The average molecular weight is 493 g/mol. The second-order valence-corrected chi connectivity index (χ2v) is 7.70. The SMILES string of the molecule is CCc1nc2ccc(Br)cc2c(=O)n1N=Cc1ccc(O[C@@H](C)C(=O)OC)c(Cl)c1. The molecule has 30 heavy (non-hydrogen) atoms. The number of carbonyl (C=O) groups is 1. The van der Waals surface area contributed by atoms with E-state index in [2.05, 4.69) is 30.8 Å². The Labute approximate surface area is 186 Å². The predicted octanol–water partition coefficient (Wildman–Crippen LogP) is 4.20. The van der Waals surface area contributed by atoms with E-state index in [-0.39, 0.29) is 5.56 Å². The lowest BCUT2D eigenvalue weighted by molar-refractivity contribution is -0.147. The lowest BCUT2D eigenvalue weighted by Crippen LogP contribution is -2.25. The van der Waals surface area contributed by atoms with Crippen molar-refractivity contribution in [2.24, 2.45) is 5.10 Å². The number of nitrogens with zero attached hydrogens (tertiary/aromatic N) is 3. The molecular weight excluding hydrogens is 474 g/mol. The minimum Gasteiger partial charge on any atom is -0.477 e. The summed E-state index contributed by atoms with van der Waals surface area (Å²) in [7, 11) is 1.29. The van der Waals surface area contributed by atoms with Crippen molar-refractivity contribution in [1.82, 2.24) is 9.66 Å². The van der Waals surface area contributed by atoms with Crippen LogP contribution in [0.25, 0.3) is 10.9 Å². The van der Waals surface area contributed by atoms with Crippen molar-refractivity contribution in [3.63, 3.8) is 0 Å². The van der Waals surface area contributed by atoms with Gasteiger partial charge in [0.05, 0.1) is 29.2 Å². The fourth-order valence-corrected chi connectivity index (χ4v) is 3.36. The van der Waals surface area contributed by atoms with Gasteiger partial charge in [-0.1, -0.05) is 34.5 Å². The molecule has 7 nitrogen and oxygen atoms in total. The van der Waals surface area contributed by atoms with E-state index in [1.165, 1.54) is 18.0 Å². The van der Waals surface area contributed by atoms with E-state index < -0.39 is 12.1 Å². The number of halogens is 2. The number of carbonyl (C=O) groups excluding carboxylic acids is 1.